The number of nitrogens with zero attached hydrogens (tertiary/aromatic N) is 2. The standard InChI is InChI=1S/C16H18N2O2S/c1-2-18(12-7-8-12)15(19)11-20-14-6-4-3-5-13(14)16-17-9-10-21-16/h3-6,9-10,12H,2,7-8,11H2,1H3. The van der Waals surface area contributed by atoms with Gasteiger partial charge in [-0.3, -0.25) is 4.79 Å². The molecule has 0 atom stereocenters. The molecule has 21 heavy (non-hydrogen) atoms. The van der Waals surface area contributed by atoms with E-state index < -0.39 is 0 Å². The van der Waals surface area contributed by atoms with Crippen LogP contribution in [0.4, 0.5) is 0 Å². The number of ether oxygens (including phenoxy) is 1. The molecular formula is C16H18N2O2S. The number of benzene rings is 1. The number of hydrogen-bond acceptors (Lipinski definition) is 4. The first kappa shape index (κ1) is 14.1. The van der Waals surface area contributed by atoms with Crippen LogP contribution in [0.25, 0.3) is 10.6 Å². The van der Waals surface area contributed by atoms with Crippen molar-refractivity contribution in [2.75, 3.05) is 13.2 Å². The Morgan fingerprint density at radius 1 is 1.43 bits per heavy atom. The Balaban J connectivity index is 1.69. The van der Waals surface area contributed by atoms with Crippen LogP contribution >= 0.6 is 11.3 Å². The predicted molar refractivity (Wildman–Crippen MR) is 83.5 cm³/mol. The Labute approximate surface area is 128 Å². The number of carbonyl (C=O) groups is 1. The zero-order valence-corrected chi connectivity index (χ0v) is 12.8. The van der Waals surface area contributed by atoms with Crippen LogP contribution in [0.1, 0.15) is 19.8 Å². The van der Waals surface area contributed by atoms with Crippen LogP contribution < -0.4 is 4.74 Å². The quantitative estimate of drug-likeness (QED) is 0.823. The van der Waals surface area contributed by atoms with E-state index in [4.69, 9.17) is 4.74 Å². The molecule has 110 valence electrons. The first-order chi connectivity index (χ1) is 10.3. The minimum Gasteiger partial charge on any atom is -0.483 e. The lowest BCUT2D eigenvalue weighted by Crippen LogP contribution is -2.36. The largest absolute Gasteiger partial charge is 0.483 e. The fourth-order valence-corrected chi connectivity index (χ4v) is 3.04. The molecule has 4 nitrogen and oxygen atoms in total. The normalized spacial score (nSPS) is 14.0. The predicted octanol–water partition coefficient (Wildman–Crippen LogP) is 3.20. The number of rotatable bonds is 6. The maximum Gasteiger partial charge on any atom is 0.260 e. The van der Waals surface area contributed by atoms with Crippen LogP contribution in [0.2, 0.25) is 0 Å². The van der Waals surface area contributed by atoms with E-state index in [1.807, 2.05) is 41.5 Å². The van der Waals surface area contributed by atoms with E-state index >= 15 is 0 Å². The number of aromatic nitrogens is 1. The van der Waals surface area contributed by atoms with E-state index in [1.165, 1.54) is 0 Å². The van der Waals surface area contributed by atoms with Crippen LogP contribution in [0.3, 0.4) is 0 Å². The molecule has 5 heteroatoms. The fourth-order valence-electron chi connectivity index (χ4n) is 2.37. The summed E-state index contributed by atoms with van der Waals surface area (Å²) in [6, 6.07) is 8.15. The minimum absolute atomic E-state index is 0.0638. The molecule has 3 rings (SSSR count). The van der Waals surface area contributed by atoms with E-state index in [9.17, 15) is 4.79 Å². The molecule has 1 aliphatic rings. The van der Waals surface area contributed by atoms with Crippen molar-refractivity contribution >= 4 is 17.2 Å². The lowest BCUT2D eigenvalue weighted by molar-refractivity contribution is -0.133. The van der Waals surface area contributed by atoms with Crippen molar-refractivity contribution in [2.45, 2.75) is 25.8 Å². The molecule has 1 saturated carbocycles. The first-order valence-corrected chi connectivity index (χ1v) is 8.08. The lowest BCUT2D eigenvalue weighted by Gasteiger charge is -2.20. The van der Waals surface area contributed by atoms with E-state index in [1.54, 1.807) is 17.5 Å². The molecule has 1 fully saturated rings. The van der Waals surface area contributed by atoms with Gasteiger partial charge in [-0.2, -0.15) is 0 Å². The highest BCUT2D eigenvalue weighted by atomic mass is 32.1. The molecule has 1 amide bonds. The molecule has 1 heterocycles. The van der Waals surface area contributed by atoms with Crippen LogP contribution in [-0.2, 0) is 4.79 Å². The second kappa shape index (κ2) is 6.26. The molecule has 0 aliphatic heterocycles. The number of amides is 1. The second-order valence-electron chi connectivity index (χ2n) is 5.03. The first-order valence-electron chi connectivity index (χ1n) is 7.20. The number of thiazole rings is 1. The topological polar surface area (TPSA) is 42.4 Å². The summed E-state index contributed by atoms with van der Waals surface area (Å²) < 4.78 is 5.76. The van der Waals surface area contributed by atoms with Crippen molar-refractivity contribution < 1.29 is 9.53 Å². The van der Waals surface area contributed by atoms with Crippen molar-refractivity contribution in [1.82, 2.24) is 9.88 Å². The SMILES string of the molecule is CCN(C(=O)COc1ccccc1-c1nccs1)C1CC1. The number of carbonyl (C=O) groups excluding carboxylic acids is 1. The van der Waals surface area contributed by atoms with Crippen molar-refractivity contribution in [3.63, 3.8) is 0 Å². The molecule has 1 aromatic heterocycles. The molecule has 1 aromatic carbocycles. The van der Waals surface area contributed by atoms with Gasteiger partial charge in [0, 0.05) is 24.2 Å². The van der Waals surface area contributed by atoms with Gasteiger partial charge in [-0.1, -0.05) is 12.1 Å². The Hall–Kier alpha value is -1.88. The van der Waals surface area contributed by atoms with Gasteiger partial charge in [-0.05, 0) is 31.9 Å². The van der Waals surface area contributed by atoms with Crippen LogP contribution in [0.5, 0.6) is 5.75 Å². The summed E-state index contributed by atoms with van der Waals surface area (Å²) in [4.78, 5) is 18.4. The zero-order chi connectivity index (χ0) is 14.7. The smallest absolute Gasteiger partial charge is 0.260 e. The molecule has 2 aromatic rings. The summed E-state index contributed by atoms with van der Waals surface area (Å²) >= 11 is 1.56. The molecule has 0 bridgehead atoms. The fraction of sp³-hybridized carbons (Fsp3) is 0.375. The second-order valence-corrected chi connectivity index (χ2v) is 5.93. The van der Waals surface area contributed by atoms with Gasteiger partial charge < -0.3 is 9.64 Å². The molecule has 0 saturated heterocycles. The van der Waals surface area contributed by atoms with Crippen molar-refractivity contribution in [3.05, 3.63) is 35.8 Å². The molecule has 0 spiro atoms. The van der Waals surface area contributed by atoms with Crippen LogP contribution in [-0.4, -0.2) is 35.0 Å². The summed E-state index contributed by atoms with van der Waals surface area (Å²) in [6.45, 7) is 2.85. The third-order valence-electron chi connectivity index (χ3n) is 3.55. The summed E-state index contributed by atoms with van der Waals surface area (Å²) in [5.74, 6) is 0.779. The highest BCUT2D eigenvalue weighted by Crippen LogP contribution is 2.31. The third kappa shape index (κ3) is 3.24. The zero-order valence-electron chi connectivity index (χ0n) is 12.0. The molecule has 0 unspecified atom stereocenters. The Morgan fingerprint density at radius 3 is 2.90 bits per heavy atom. The lowest BCUT2D eigenvalue weighted by atomic mass is 10.2. The number of likely N-dealkylation sites (N-methyl/N-ethyl adjacent to an activating group) is 1. The average Bonchev–Trinajstić information content (AvgIpc) is 3.19. The maximum absolute atomic E-state index is 12.2. The van der Waals surface area contributed by atoms with Gasteiger partial charge in [-0.15, -0.1) is 11.3 Å². The van der Waals surface area contributed by atoms with Gasteiger partial charge in [0.25, 0.3) is 5.91 Å². The van der Waals surface area contributed by atoms with E-state index in [0.717, 1.165) is 30.0 Å². The molecule has 0 N–H and O–H groups in total. The van der Waals surface area contributed by atoms with E-state index in [0.29, 0.717) is 11.8 Å². The van der Waals surface area contributed by atoms with Crippen LogP contribution in [0, 0.1) is 0 Å². The summed E-state index contributed by atoms with van der Waals surface area (Å²) in [7, 11) is 0. The highest BCUT2D eigenvalue weighted by Gasteiger charge is 2.31. The van der Waals surface area contributed by atoms with Crippen molar-refractivity contribution in [1.29, 1.82) is 0 Å². The summed E-state index contributed by atoms with van der Waals surface area (Å²) in [5, 5.41) is 2.84. The molecular weight excluding hydrogens is 284 g/mol. The van der Waals surface area contributed by atoms with E-state index in [-0.39, 0.29) is 12.5 Å². The van der Waals surface area contributed by atoms with Gasteiger partial charge in [0.15, 0.2) is 6.61 Å². The third-order valence-corrected chi connectivity index (χ3v) is 4.36. The van der Waals surface area contributed by atoms with Gasteiger partial charge in [0.1, 0.15) is 10.8 Å². The van der Waals surface area contributed by atoms with E-state index in [2.05, 4.69) is 4.98 Å². The number of para-hydroxylation sites is 1. The van der Waals surface area contributed by atoms with Gasteiger partial charge in [0.2, 0.25) is 0 Å². The Bertz CT molecular complexity index is 608. The molecule has 1 aliphatic carbocycles. The van der Waals surface area contributed by atoms with Crippen molar-refractivity contribution in [2.24, 2.45) is 0 Å². The summed E-state index contributed by atoms with van der Waals surface area (Å²) in [5.41, 5.74) is 0.940. The Morgan fingerprint density at radius 2 is 2.24 bits per heavy atom. The highest BCUT2D eigenvalue weighted by molar-refractivity contribution is 7.13. The van der Waals surface area contributed by atoms with Gasteiger partial charge in [-0.25, -0.2) is 4.98 Å². The average molecular weight is 302 g/mol. The minimum atomic E-state index is 0.0638. The number of hydrogen-bond donors (Lipinski definition) is 0. The monoisotopic (exact) mass is 302 g/mol. The molecule has 0 radical (unpaired) electrons. The van der Waals surface area contributed by atoms with Crippen LogP contribution in [0.15, 0.2) is 35.8 Å². The maximum atomic E-state index is 12.2. The Kier molecular flexibility index (Phi) is 4.20. The summed E-state index contributed by atoms with van der Waals surface area (Å²) in [6.07, 6.45) is 4.01. The van der Waals surface area contributed by atoms with Gasteiger partial charge in [0.05, 0.1) is 5.56 Å². The van der Waals surface area contributed by atoms with Gasteiger partial charge >= 0.3 is 0 Å². The van der Waals surface area contributed by atoms with Crippen molar-refractivity contribution in [3.8, 4) is 16.3 Å².